The molecule has 1 N–H and O–H groups in total. The first-order valence-corrected chi connectivity index (χ1v) is 6.71. The molecule has 0 aliphatic heterocycles. The molecule has 5 nitrogen and oxygen atoms in total. The minimum Gasteiger partial charge on any atom is -0.334 e. The lowest BCUT2D eigenvalue weighted by molar-refractivity contribution is 0.0881. The Morgan fingerprint density at radius 1 is 1.50 bits per heavy atom. The van der Waals surface area contributed by atoms with E-state index in [0.717, 1.165) is 36.1 Å². The number of hydrogen-bond donors (Lipinski definition) is 1. The molecule has 3 rings (SSSR count). The monoisotopic (exact) mass is 268 g/mol. The molecule has 0 atom stereocenters. The molecule has 1 saturated carbocycles. The van der Waals surface area contributed by atoms with Crippen molar-refractivity contribution >= 4 is 16.9 Å². The first-order chi connectivity index (χ1) is 9.54. The van der Waals surface area contributed by atoms with E-state index in [-0.39, 0.29) is 5.91 Å². The first-order valence-electron chi connectivity index (χ1n) is 6.71. The second-order valence-corrected chi connectivity index (χ2v) is 5.42. The lowest BCUT2D eigenvalue weighted by Gasteiger charge is -2.35. The number of rotatable bonds is 2. The third-order valence-corrected chi connectivity index (χ3v) is 4.14. The molecule has 2 aromatic rings. The van der Waals surface area contributed by atoms with Gasteiger partial charge in [-0.3, -0.25) is 4.79 Å². The Hall–Kier alpha value is -2.35. The number of imidazole rings is 1. The number of hydrogen-bond acceptors (Lipinski definition) is 3. The van der Waals surface area contributed by atoms with Gasteiger partial charge >= 0.3 is 0 Å². The maximum absolute atomic E-state index is 12.3. The summed E-state index contributed by atoms with van der Waals surface area (Å²) in [6.45, 7) is 1.93. The van der Waals surface area contributed by atoms with E-state index in [0.29, 0.717) is 5.56 Å². The Morgan fingerprint density at radius 3 is 2.85 bits per heavy atom. The van der Waals surface area contributed by atoms with Crippen molar-refractivity contribution in [1.29, 1.82) is 5.26 Å². The summed E-state index contributed by atoms with van der Waals surface area (Å²) in [6.07, 6.45) is 2.46. The van der Waals surface area contributed by atoms with Crippen molar-refractivity contribution < 1.29 is 4.79 Å². The summed E-state index contributed by atoms with van der Waals surface area (Å²) in [5.41, 5.74) is 1.69. The van der Waals surface area contributed by atoms with Crippen molar-refractivity contribution in [2.45, 2.75) is 31.7 Å². The van der Waals surface area contributed by atoms with E-state index in [2.05, 4.69) is 16.4 Å². The van der Waals surface area contributed by atoms with Crippen LogP contribution in [0.5, 0.6) is 0 Å². The number of nitrogens with zero attached hydrogens (tertiary/aromatic N) is 3. The van der Waals surface area contributed by atoms with Gasteiger partial charge in [-0.1, -0.05) is 0 Å². The number of nitriles is 1. The maximum Gasteiger partial charge on any atom is 0.252 e. The van der Waals surface area contributed by atoms with E-state index in [1.165, 1.54) is 0 Å². The predicted octanol–water partition coefficient (Wildman–Crippen LogP) is 2.06. The lowest BCUT2D eigenvalue weighted by atomic mass is 9.78. The fourth-order valence-electron chi connectivity index (χ4n) is 2.55. The normalized spacial score (nSPS) is 16.4. The maximum atomic E-state index is 12.3. The van der Waals surface area contributed by atoms with E-state index < -0.39 is 5.54 Å². The SMILES string of the molecule is Cc1nc2cc(C(=O)NC3(C#N)CCC3)ccc2n1C. The van der Waals surface area contributed by atoms with Crippen LogP contribution in [0.25, 0.3) is 11.0 Å². The third-order valence-electron chi connectivity index (χ3n) is 4.14. The summed E-state index contributed by atoms with van der Waals surface area (Å²) in [7, 11) is 1.95. The smallest absolute Gasteiger partial charge is 0.252 e. The van der Waals surface area contributed by atoms with Gasteiger partial charge in [0.25, 0.3) is 5.91 Å². The van der Waals surface area contributed by atoms with E-state index in [9.17, 15) is 4.79 Å². The van der Waals surface area contributed by atoms with Crippen LogP contribution >= 0.6 is 0 Å². The molecule has 1 aliphatic carbocycles. The van der Waals surface area contributed by atoms with Crippen molar-refractivity contribution in [2.24, 2.45) is 7.05 Å². The third kappa shape index (κ3) is 1.85. The molecule has 1 amide bonds. The highest BCUT2D eigenvalue weighted by Gasteiger charge is 2.38. The zero-order valence-corrected chi connectivity index (χ0v) is 11.6. The van der Waals surface area contributed by atoms with Gasteiger partial charge in [0.05, 0.1) is 17.1 Å². The minimum absolute atomic E-state index is 0.198. The quantitative estimate of drug-likeness (QED) is 0.906. The van der Waals surface area contributed by atoms with Crippen molar-refractivity contribution in [1.82, 2.24) is 14.9 Å². The Balaban J connectivity index is 1.90. The van der Waals surface area contributed by atoms with Crippen molar-refractivity contribution in [3.8, 4) is 6.07 Å². The molecule has 1 heterocycles. The Bertz CT molecular complexity index is 734. The van der Waals surface area contributed by atoms with Gasteiger partial charge in [0, 0.05) is 12.6 Å². The standard InChI is InChI=1S/C15H16N4O/c1-10-17-12-8-11(4-5-13(12)19(10)2)14(20)18-15(9-16)6-3-7-15/h4-5,8H,3,6-7H2,1-2H3,(H,18,20). The molecule has 1 aromatic carbocycles. The molecule has 20 heavy (non-hydrogen) atoms. The highest BCUT2D eigenvalue weighted by Crippen LogP contribution is 2.31. The first kappa shape index (κ1) is 12.7. The summed E-state index contributed by atoms with van der Waals surface area (Å²) in [4.78, 5) is 16.7. The van der Waals surface area contributed by atoms with Gasteiger partial charge in [-0.15, -0.1) is 0 Å². The Morgan fingerprint density at radius 2 is 2.25 bits per heavy atom. The van der Waals surface area contributed by atoms with Crippen LogP contribution in [0.4, 0.5) is 0 Å². The molecule has 0 radical (unpaired) electrons. The molecule has 0 spiro atoms. The Labute approximate surface area is 117 Å². The number of benzene rings is 1. The number of aryl methyl sites for hydroxylation is 2. The predicted molar refractivity (Wildman–Crippen MR) is 75.1 cm³/mol. The van der Waals surface area contributed by atoms with Crippen molar-refractivity contribution in [3.05, 3.63) is 29.6 Å². The molecule has 0 unspecified atom stereocenters. The Kier molecular flexibility index (Phi) is 2.75. The highest BCUT2D eigenvalue weighted by atomic mass is 16.1. The van der Waals surface area contributed by atoms with Gasteiger partial charge in [0.1, 0.15) is 11.4 Å². The van der Waals surface area contributed by atoms with Gasteiger partial charge in [-0.2, -0.15) is 5.26 Å². The number of nitrogens with one attached hydrogen (secondary N) is 1. The zero-order chi connectivity index (χ0) is 14.3. The van der Waals surface area contributed by atoms with E-state index in [1.807, 2.05) is 24.6 Å². The average molecular weight is 268 g/mol. The molecule has 102 valence electrons. The molecule has 1 aliphatic rings. The average Bonchev–Trinajstić information content (AvgIpc) is 2.69. The topological polar surface area (TPSA) is 70.7 Å². The molecule has 1 fully saturated rings. The fraction of sp³-hybridized carbons (Fsp3) is 0.400. The van der Waals surface area contributed by atoms with Gasteiger partial charge in [-0.05, 0) is 44.4 Å². The lowest BCUT2D eigenvalue weighted by Crippen LogP contribution is -2.52. The molecule has 1 aromatic heterocycles. The van der Waals surface area contributed by atoms with Gasteiger partial charge in [0.15, 0.2) is 0 Å². The van der Waals surface area contributed by atoms with Crippen molar-refractivity contribution in [3.63, 3.8) is 0 Å². The summed E-state index contributed by atoms with van der Waals surface area (Å²) in [5.74, 6) is 0.710. The number of fused-ring (bicyclic) bond motifs is 1. The molecule has 0 bridgehead atoms. The van der Waals surface area contributed by atoms with Crippen molar-refractivity contribution in [2.75, 3.05) is 0 Å². The van der Waals surface area contributed by atoms with E-state index in [4.69, 9.17) is 5.26 Å². The van der Waals surface area contributed by atoms with E-state index in [1.54, 1.807) is 12.1 Å². The van der Waals surface area contributed by atoms with Gasteiger partial charge in [0.2, 0.25) is 0 Å². The summed E-state index contributed by atoms with van der Waals surface area (Å²) in [6, 6.07) is 7.67. The molecular formula is C15H16N4O. The second-order valence-electron chi connectivity index (χ2n) is 5.42. The van der Waals surface area contributed by atoms with Crippen LogP contribution in [-0.4, -0.2) is 21.0 Å². The summed E-state index contributed by atoms with van der Waals surface area (Å²) < 4.78 is 1.99. The largest absolute Gasteiger partial charge is 0.334 e. The van der Waals surface area contributed by atoms with Crippen LogP contribution in [0.2, 0.25) is 0 Å². The summed E-state index contributed by atoms with van der Waals surface area (Å²) in [5, 5.41) is 12.0. The highest BCUT2D eigenvalue weighted by molar-refractivity contribution is 5.98. The zero-order valence-electron chi connectivity index (χ0n) is 11.6. The van der Waals surface area contributed by atoms with Crippen LogP contribution in [0.3, 0.4) is 0 Å². The van der Waals surface area contributed by atoms with Crippen LogP contribution in [0, 0.1) is 18.3 Å². The van der Waals surface area contributed by atoms with E-state index >= 15 is 0 Å². The van der Waals surface area contributed by atoms with Gasteiger partial charge in [-0.25, -0.2) is 4.98 Å². The second kappa shape index (κ2) is 4.34. The number of carbonyl (C=O) groups excluding carboxylic acids is 1. The summed E-state index contributed by atoms with van der Waals surface area (Å²) >= 11 is 0. The van der Waals surface area contributed by atoms with Crippen LogP contribution in [0.1, 0.15) is 35.4 Å². The number of carbonyl (C=O) groups is 1. The van der Waals surface area contributed by atoms with Crippen LogP contribution in [-0.2, 0) is 7.05 Å². The number of aromatic nitrogens is 2. The van der Waals surface area contributed by atoms with Crippen LogP contribution < -0.4 is 5.32 Å². The molecule has 0 saturated heterocycles. The number of amides is 1. The molecule has 5 heteroatoms. The van der Waals surface area contributed by atoms with Gasteiger partial charge < -0.3 is 9.88 Å². The minimum atomic E-state index is -0.661. The van der Waals surface area contributed by atoms with Crippen LogP contribution in [0.15, 0.2) is 18.2 Å². The fourth-order valence-corrected chi connectivity index (χ4v) is 2.55. The molecular weight excluding hydrogens is 252 g/mol.